The predicted octanol–water partition coefficient (Wildman–Crippen LogP) is -0.0949. The van der Waals surface area contributed by atoms with Crippen molar-refractivity contribution in [3.8, 4) is 0 Å². The van der Waals surface area contributed by atoms with E-state index in [9.17, 15) is 19.2 Å². The molecule has 1 fully saturated rings. The zero-order valence-electron chi connectivity index (χ0n) is 16.5. The molecule has 1 aliphatic heterocycles. The number of rotatable bonds is 6. The van der Waals surface area contributed by atoms with Crippen LogP contribution in [0.15, 0.2) is 42.1 Å². The second-order valence-electron chi connectivity index (χ2n) is 6.02. The molecule has 1 heterocycles. The van der Waals surface area contributed by atoms with E-state index in [0.29, 0.717) is 5.56 Å². The van der Waals surface area contributed by atoms with Gasteiger partial charge in [0.2, 0.25) is 5.54 Å². The minimum absolute atomic E-state index is 0.0495. The molecular weight excluding hydrogens is 384 g/mol. The van der Waals surface area contributed by atoms with Crippen LogP contribution in [-0.4, -0.2) is 69.4 Å². The molecule has 1 saturated heterocycles. The maximum Gasteiger partial charge on any atom is 0.355 e. The molecule has 0 radical (unpaired) electrons. The molecule has 0 amide bonds. The van der Waals surface area contributed by atoms with Crippen LogP contribution < -0.4 is 5.43 Å². The maximum atomic E-state index is 12.8. The van der Waals surface area contributed by atoms with Gasteiger partial charge in [0.05, 0.1) is 34.5 Å². The molecule has 0 bridgehead atoms. The summed E-state index contributed by atoms with van der Waals surface area (Å²) in [6, 6.07) is 8.70. The van der Waals surface area contributed by atoms with Crippen molar-refractivity contribution in [3.63, 3.8) is 0 Å². The van der Waals surface area contributed by atoms with Crippen LogP contribution in [0, 0.1) is 0 Å². The molecule has 1 aromatic carbocycles. The summed E-state index contributed by atoms with van der Waals surface area (Å²) in [4.78, 5) is 49.6. The van der Waals surface area contributed by atoms with Gasteiger partial charge in [0.1, 0.15) is 5.70 Å². The summed E-state index contributed by atoms with van der Waals surface area (Å²) >= 11 is 0. The number of hydrogen-bond acceptors (Lipinski definition) is 10. The second-order valence-corrected chi connectivity index (χ2v) is 6.02. The summed E-state index contributed by atoms with van der Waals surface area (Å²) in [5.74, 6) is -4.34. The third-order valence-electron chi connectivity index (χ3n) is 4.56. The molecular formula is C19H22N2O8. The number of esters is 4. The summed E-state index contributed by atoms with van der Waals surface area (Å²) in [6.45, 7) is -0.0495. The van der Waals surface area contributed by atoms with Crippen molar-refractivity contribution in [2.75, 3.05) is 35.0 Å². The number of hydrazine groups is 1. The molecule has 1 aliphatic rings. The molecule has 0 aliphatic carbocycles. The van der Waals surface area contributed by atoms with Gasteiger partial charge in [-0.25, -0.2) is 24.6 Å². The van der Waals surface area contributed by atoms with E-state index in [2.05, 4.69) is 10.2 Å². The van der Waals surface area contributed by atoms with Gasteiger partial charge in [-0.2, -0.15) is 0 Å². The fourth-order valence-corrected chi connectivity index (χ4v) is 3.16. The van der Waals surface area contributed by atoms with Gasteiger partial charge in [-0.15, -0.1) is 0 Å². The van der Waals surface area contributed by atoms with Crippen LogP contribution in [0.3, 0.4) is 0 Å². The topological polar surface area (TPSA) is 120 Å². The normalized spacial score (nSPS) is 18.0. The lowest BCUT2D eigenvalue weighted by atomic mass is 9.80. The molecule has 1 N–H and O–H groups in total. The molecule has 0 spiro atoms. The summed E-state index contributed by atoms with van der Waals surface area (Å²) in [7, 11) is 4.53. The smallest absolute Gasteiger partial charge is 0.355 e. The molecule has 1 atom stereocenters. The highest BCUT2D eigenvalue weighted by molar-refractivity contribution is 6.07. The first-order valence-corrected chi connectivity index (χ1v) is 8.50. The van der Waals surface area contributed by atoms with E-state index in [1.165, 1.54) is 5.01 Å². The molecule has 10 heteroatoms. The van der Waals surface area contributed by atoms with Gasteiger partial charge < -0.3 is 18.9 Å². The number of methoxy groups -OCH3 is 4. The van der Waals surface area contributed by atoms with Crippen molar-refractivity contribution in [1.82, 2.24) is 10.4 Å². The maximum absolute atomic E-state index is 12.8. The number of carbonyl (C=O) groups excluding carboxylic acids is 4. The van der Waals surface area contributed by atoms with Crippen LogP contribution in [0.4, 0.5) is 0 Å². The van der Waals surface area contributed by atoms with E-state index in [0.717, 1.165) is 34.5 Å². The second kappa shape index (κ2) is 9.20. The van der Waals surface area contributed by atoms with Crippen molar-refractivity contribution < 1.29 is 38.1 Å². The van der Waals surface area contributed by atoms with Crippen LogP contribution in [0.2, 0.25) is 0 Å². The first kappa shape index (κ1) is 21.9. The Bertz CT molecular complexity index is 805. The number of nitrogens with one attached hydrogen (secondary N) is 1. The van der Waals surface area contributed by atoms with E-state index < -0.39 is 35.3 Å². The predicted molar refractivity (Wildman–Crippen MR) is 97.9 cm³/mol. The highest BCUT2D eigenvalue weighted by Crippen LogP contribution is 2.38. The van der Waals surface area contributed by atoms with Gasteiger partial charge in [0.15, 0.2) is 0 Å². The van der Waals surface area contributed by atoms with Gasteiger partial charge >= 0.3 is 23.9 Å². The fraction of sp³-hybridized carbons (Fsp3) is 0.368. The molecule has 156 valence electrons. The van der Waals surface area contributed by atoms with Crippen molar-refractivity contribution in [2.45, 2.75) is 11.5 Å². The number of benzene rings is 1. The first-order valence-electron chi connectivity index (χ1n) is 8.50. The number of carbonyl (C=O) groups is 4. The summed E-state index contributed by atoms with van der Waals surface area (Å²) < 4.78 is 19.0. The van der Waals surface area contributed by atoms with Crippen molar-refractivity contribution in [1.29, 1.82) is 0 Å². The van der Waals surface area contributed by atoms with E-state index in [4.69, 9.17) is 14.2 Å². The molecule has 29 heavy (non-hydrogen) atoms. The lowest BCUT2D eigenvalue weighted by Gasteiger charge is -2.29. The van der Waals surface area contributed by atoms with Crippen LogP contribution in [-0.2, 0) is 38.1 Å². The van der Waals surface area contributed by atoms with Crippen LogP contribution in [0.1, 0.15) is 11.5 Å². The molecule has 2 rings (SSSR count). The van der Waals surface area contributed by atoms with Crippen LogP contribution in [0.5, 0.6) is 0 Å². The Balaban J connectivity index is 2.63. The number of hydrogen-bond donors (Lipinski definition) is 1. The van der Waals surface area contributed by atoms with E-state index in [-0.39, 0.29) is 12.2 Å². The van der Waals surface area contributed by atoms with Crippen LogP contribution >= 0.6 is 0 Å². The number of nitrogens with zero attached hydrogens (tertiary/aromatic N) is 1. The van der Waals surface area contributed by atoms with Crippen molar-refractivity contribution in [2.24, 2.45) is 0 Å². The quantitative estimate of drug-likeness (QED) is 0.297. The zero-order chi connectivity index (χ0) is 21.6. The third kappa shape index (κ3) is 4.06. The average molecular weight is 406 g/mol. The Morgan fingerprint density at radius 1 is 0.966 bits per heavy atom. The van der Waals surface area contributed by atoms with Gasteiger partial charge in [-0.3, -0.25) is 5.01 Å². The standard InChI is InChI=1S/C19H22N2O8/c1-26-15(22)10-14(16(23)27-2)21-11-13(12-8-6-5-7-9-12)19(20-21,17(24)28-3)18(25)29-4/h5-10,13,20H,11H2,1-4H3. The molecule has 0 saturated carbocycles. The molecule has 10 nitrogen and oxygen atoms in total. The van der Waals surface area contributed by atoms with Crippen molar-refractivity contribution >= 4 is 23.9 Å². The van der Waals surface area contributed by atoms with Gasteiger partial charge in [-0.1, -0.05) is 30.3 Å². The highest BCUT2D eigenvalue weighted by atomic mass is 16.6. The monoisotopic (exact) mass is 406 g/mol. The van der Waals surface area contributed by atoms with Gasteiger partial charge in [0.25, 0.3) is 0 Å². The average Bonchev–Trinajstić information content (AvgIpc) is 3.17. The first-order chi connectivity index (χ1) is 13.8. The largest absolute Gasteiger partial charge is 0.467 e. The summed E-state index contributed by atoms with van der Waals surface area (Å²) in [5.41, 5.74) is 1.07. The van der Waals surface area contributed by atoms with Crippen molar-refractivity contribution in [3.05, 3.63) is 47.7 Å². The zero-order valence-corrected chi connectivity index (χ0v) is 16.5. The summed E-state index contributed by atoms with van der Waals surface area (Å²) in [5, 5.41) is 1.17. The van der Waals surface area contributed by atoms with Gasteiger partial charge in [-0.05, 0) is 5.56 Å². The summed E-state index contributed by atoms with van der Waals surface area (Å²) in [6.07, 6.45) is 0.894. The lowest BCUT2D eigenvalue weighted by molar-refractivity contribution is -0.164. The Hall–Kier alpha value is -3.40. The van der Waals surface area contributed by atoms with Crippen LogP contribution in [0.25, 0.3) is 0 Å². The van der Waals surface area contributed by atoms with E-state index in [1.54, 1.807) is 30.3 Å². The van der Waals surface area contributed by atoms with E-state index in [1.807, 2.05) is 0 Å². The third-order valence-corrected chi connectivity index (χ3v) is 4.56. The minimum atomic E-state index is -1.99. The molecule has 1 unspecified atom stereocenters. The minimum Gasteiger partial charge on any atom is -0.467 e. The molecule has 1 aromatic rings. The Labute approximate surface area is 167 Å². The lowest BCUT2D eigenvalue weighted by Crippen LogP contribution is -2.61. The SMILES string of the molecule is COC(=O)C=C(C(=O)OC)N1CC(c2ccccc2)C(C(=O)OC)(C(=O)OC)N1. The Morgan fingerprint density at radius 2 is 1.55 bits per heavy atom. The van der Waals surface area contributed by atoms with E-state index >= 15 is 0 Å². The molecule has 0 aromatic heterocycles. The Morgan fingerprint density at radius 3 is 2.03 bits per heavy atom. The fourth-order valence-electron chi connectivity index (χ4n) is 3.16. The Kier molecular flexibility index (Phi) is 6.94. The van der Waals surface area contributed by atoms with Gasteiger partial charge in [0, 0.05) is 12.5 Å². The number of ether oxygens (including phenoxy) is 4. The highest BCUT2D eigenvalue weighted by Gasteiger charge is 2.61.